The zero-order valence-electron chi connectivity index (χ0n) is 10.2. The molecule has 3 aliphatic rings. The zero-order valence-corrected chi connectivity index (χ0v) is 11.0. The number of benzene rings is 1. The molecule has 0 amide bonds. The predicted molar refractivity (Wildman–Crippen MR) is 73.1 cm³/mol. The maximum Gasteiger partial charge on any atom is 0.0546 e. The lowest BCUT2D eigenvalue weighted by molar-refractivity contribution is 0.299. The maximum absolute atomic E-state index is 3.59. The number of nitrogens with zero attached hydrogens (tertiary/aromatic N) is 1. The minimum absolute atomic E-state index is 0.328. The van der Waals surface area contributed by atoms with Gasteiger partial charge in [0, 0.05) is 35.2 Å². The first-order valence-corrected chi connectivity index (χ1v) is 7.53. The molecule has 0 saturated carbocycles. The lowest BCUT2D eigenvalue weighted by Gasteiger charge is -2.41. The molecule has 1 aromatic rings. The van der Waals surface area contributed by atoms with Gasteiger partial charge in [-0.2, -0.15) is 0 Å². The number of nitrogens with one attached hydrogen (secondary N) is 1. The van der Waals surface area contributed by atoms with Gasteiger partial charge in [0.25, 0.3) is 0 Å². The quantitative estimate of drug-likeness (QED) is 0.756. The Morgan fingerprint density at radius 2 is 2.41 bits per heavy atom. The largest absolute Gasteiger partial charge is 0.366 e. The molecule has 0 unspecified atom stereocenters. The highest BCUT2D eigenvalue weighted by molar-refractivity contribution is 7.99. The van der Waals surface area contributed by atoms with Gasteiger partial charge >= 0.3 is 0 Å². The number of piperidine rings is 1. The van der Waals surface area contributed by atoms with Gasteiger partial charge in [-0.1, -0.05) is 19.1 Å². The van der Waals surface area contributed by atoms with Gasteiger partial charge in [0.15, 0.2) is 0 Å². The zero-order chi connectivity index (χ0) is 11.5. The number of hydrogen-bond acceptors (Lipinski definition) is 3. The lowest BCUT2D eigenvalue weighted by Crippen LogP contribution is -2.54. The molecule has 0 radical (unpaired) electrons. The first kappa shape index (κ1) is 10.3. The Hall–Kier alpha value is -0.670. The number of fused-ring (bicyclic) bond motifs is 3. The Morgan fingerprint density at radius 1 is 1.47 bits per heavy atom. The second-order valence-electron chi connectivity index (χ2n) is 5.59. The van der Waals surface area contributed by atoms with Crippen LogP contribution in [0.3, 0.4) is 0 Å². The summed E-state index contributed by atoms with van der Waals surface area (Å²) in [6, 6.07) is 7.61. The summed E-state index contributed by atoms with van der Waals surface area (Å²) < 4.78 is 0. The number of rotatable bonds is 0. The van der Waals surface area contributed by atoms with Crippen molar-refractivity contribution >= 4 is 17.4 Å². The standard InChI is InChI=1S/C14H18N2S/c1-14-9-15-6-5-12(14)16-7-8-17-11-4-2-3-10(14)13(11)16/h2-4,12,15H,5-9H2,1H3/t12-,14-/m0/s1. The average molecular weight is 246 g/mol. The van der Waals surface area contributed by atoms with E-state index >= 15 is 0 Å². The predicted octanol–water partition coefficient (Wildman–Crippen LogP) is 2.23. The summed E-state index contributed by atoms with van der Waals surface area (Å²) in [5.74, 6) is 1.25. The van der Waals surface area contributed by atoms with Crippen LogP contribution in [0.4, 0.5) is 5.69 Å². The molecule has 1 N–H and O–H groups in total. The minimum Gasteiger partial charge on any atom is -0.366 e. The van der Waals surface area contributed by atoms with E-state index in [1.807, 2.05) is 11.8 Å². The summed E-state index contributed by atoms with van der Waals surface area (Å²) in [6.07, 6.45) is 1.29. The molecule has 0 aromatic heterocycles. The van der Waals surface area contributed by atoms with Gasteiger partial charge < -0.3 is 10.2 Å². The molecule has 1 fully saturated rings. The molecule has 4 rings (SSSR count). The van der Waals surface area contributed by atoms with Crippen LogP contribution in [-0.2, 0) is 5.41 Å². The molecule has 3 heteroatoms. The molecular weight excluding hydrogens is 228 g/mol. The van der Waals surface area contributed by atoms with Crippen LogP contribution in [0.5, 0.6) is 0 Å². The first-order chi connectivity index (χ1) is 8.31. The lowest BCUT2D eigenvalue weighted by atomic mass is 9.75. The second-order valence-corrected chi connectivity index (χ2v) is 6.73. The van der Waals surface area contributed by atoms with Crippen LogP contribution in [0.1, 0.15) is 18.9 Å². The van der Waals surface area contributed by atoms with Crippen LogP contribution in [-0.4, -0.2) is 31.4 Å². The van der Waals surface area contributed by atoms with Crippen LogP contribution >= 0.6 is 11.8 Å². The summed E-state index contributed by atoms with van der Waals surface area (Å²) >= 11 is 2.03. The Kier molecular flexibility index (Phi) is 2.07. The average Bonchev–Trinajstić information content (AvgIpc) is 2.63. The van der Waals surface area contributed by atoms with E-state index in [-0.39, 0.29) is 0 Å². The van der Waals surface area contributed by atoms with Crippen LogP contribution in [0.15, 0.2) is 23.1 Å². The number of anilines is 1. The third-order valence-electron chi connectivity index (χ3n) is 4.69. The second kappa shape index (κ2) is 3.42. The van der Waals surface area contributed by atoms with Crippen LogP contribution < -0.4 is 10.2 Å². The molecule has 3 heterocycles. The minimum atomic E-state index is 0.328. The van der Waals surface area contributed by atoms with Gasteiger partial charge in [-0.3, -0.25) is 0 Å². The molecule has 1 saturated heterocycles. The van der Waals surface area contributed by atoms with Crippen molar-refractivity contribution in [2.45, 2.75) is 29.7 Å². The van der Waals surface area contributed by atoms with Gasteiger partial charge in [-0.25, -0.2) is 0 Å². The van der Waals surface area contributed by atoms with Gasteiger partial charge in [-0.05, 0) is 24.6 Å². The topological polar surface area (TPSA) is 15.3 Å². The molecule has 1 aromatic carbocycles. The van der Waals surface area contributed by atoms with E-state index < -0.39 is 0 Å². The van der Waals surface area contributed by atoms with E-state index in [0.717, 1.165) is 12.6 Å². The third-order valence-corrected chi connectivity index (χ3v) is 5.72. The highest BCUT2D eigenvalue weighted by atomic mass is 32.2. The van der Waals surface area contributed by atoms with Crippen LogP contribution in [0.2, 0.25) is 0 Å². The van der Waals surface area contributed by atoms with Crippen molar-refractivity contribution in [3.63, 3.8) is 0 Å². The summed E-state index contributed by atoms with van der Waals surface area (Å²) in [5, 5.41) is 3.59. The van der Waals surface area contributed by atoms with Crippen LogP contribution in [0.25, 0.3) is 0 Å². The molecule has 3 aliphatic heterocycles. The van der Waals surface area contributed by atoms with Crippen molar-refractivity contribution in [2.24, 2.45) is 0 Å². The summed E-state index contributed by atoms with van der Waals surface area (Å²) in [7, 11) is 0. The Bertz CT molecular complexity index is 473. The Balaban J connectivity index is 1.95. The van der Waals surface area contributed by atoms with E-state index in [0.29, 0.717) is 5.41 Å². The van der Waals surface area contributed by atoms with Crippen molar-refractivity contribution in [2.75, 3.05) is 30.3 Å². The van der Waals surface area contributed by atoms with Gasteiger partial charge in [0.05, 0.1) is 5.69 Å². The van der Waals surface area contributed by atoms with Gasteiger partial charge in [0.1, 0.15) is 0 Å². The molecule has 17 heavy (non-hydrogen) atoms. The molecule has 0 spiro atoms. The fourth-order valence-corrected chi connectivity index (χ4v) is 4.92. The molecule has 0 bridgehead atoms. The number of hydrogen-bond donors (Lipinski definition) is 1. The summed E-state index contributed by atoms with van der Waals surface area (Å²) in [6.45, 7) is 5.99. The highest BCUT2D eigenvalue weighted by Crippen LogP contribution is 2.52. The van der Waals surface area contributed by atoms with Gasteiger partial charge in [0.2, 0.25) is 0 Å². The van der Waals surface area contributed by atoms with Crippen molar-refractivity contribution in [1.29, 1.82) is 0 Å². The Morgan fingerprint density at radius 3 is 3.35 bits per heavy atom. The van der Waals surface area contributed by atoms with E-state index in [4.69, 9.17) is 0 Å². The smallest absolute Gasteiger partial charge is 0.0546 e. The monoisotopic (exact) mass is 246 g/mol. The fraction of sp³-hybridized carbons (Fsp3) is 0.571. The number of para-hydroxylation sites is 1. The van der Waals surface area contributed by atoms with Crippen LogP contribution in [0, 0.1) is 0 Å². The molecule has 2 nitrogen and oxygen atoms in total. The molecule has 0 aliphatic carbocycles. The van der Waals surface area contributed by atoms with Crippen molar-refractivity contribution < 1.29 is 0 Å². The van der Waals surface area contributed by atoms with E-state index in [2.05, 4.69) is 35.3 Å². The SMILES string of the molecule is C[C@@]12CNCC[C@@H]1N1CCSc3cccc2c31. The Labute approximate surface area is 107 Å². The third kappa shape index (κ3) is 1.22. The van der Waals surface area contributed by atoms with E-state index in [9.17, 15) is 0 Å². The van der Waals surface area contributed by atoms with Crippen molar-refractivity contribution in [3.05, 3.63) is 23.8 Å². The van der Waals surface area contributed by atoms with E-state index in [1.165, 1.54) is 30.2 Å². The van der Waals surface area contributed by atoms with Crippen molar-refractivity contribution in [1.82, 2.24) is 5.32 Å². The normalized spacial score (nSPS) is 34.4. The van der Waals surface area contributed by atoms with Gasteiger partial charge in [-0.15, -0.1) is 11.8 Å². The van der Waals surface area contributed by atoms with E-state index in [1.54, 1.807) is 11.3 Å². The molecular formula is C14H18N2S. The van der Waals surface area contributed by atoms with Crippen molar-refractivity contribution in [3.8, 4) is 0 Å². The summed E-state index contributed by atoms with van der Waals surface area (Å²) in [5.41, 5.74) is 3.47. The maximum atomic E-state index is 3.59. The first-order valence-electron chi connectivity index (χ1n) is 6.54. The fourth-order valence-electron chi connectivity index (χ4n) is 3.87. The molecule has 2 atom stereocenters. The summed E-state index contributed by atoms with van der Waals surface area (Å²) in [4.78, 5) is 4.20. The molecule has 90 valence electrons. The number of thioether (sulfide) groups is 1. The highest BCUT2D eigenvalue weighted by Gasteiger charge is 2.50.